The normalized spacial score (nSPS) is 10.7. The largest absolute Gasteiger partial charge is 0.452 e. The zero-order valence-electron chi connectivity index (χ0n) is 16.2. The molecule has 0 aliphatic heterocycles. The number of carbonyl (C=O) groups is 2. The van der Waals surface area contributed by atoms with Crippen LogP contribution in [0.1, 0.15) is 27.3 Å². The van der Waals surface area contributed by atoms with Crippen LogP contribution in [-0.4, -0.2) is 28.3 Å². The quantitative estimate of drug-likeness (QED) is 0.490. The average Bonchev–Trinajstić information content (AvgIpc) is 3.00. The standard InChI is InChI=1S/C21H18F3N3O3/c1-12-18(13(2)27(26-12)10-14-6-4-3-5-7-14)21(29)30-11-17(28)25-16-9-8-15(22)19(23)20(16)24/h3-9H,10-11H2,1-2H3,(H,25,28). The molecule has 0 atom stereocenters. The molecule has 30 heavy (non-hydrogen) atoms. The van der Waals surface area contributed by atoms with Crippen molar-refractivity contribution in [3.63, 3.8) is 0 Å². The van der Waals surface area contributed by atoms with E-state index in [-0.39, 0.29) is 5.56 Å². The minimum Gasteiger partial charge on any atom is -0.452 e. The van der Waals surface area contributed by atoms with Crippen molar-refractivity contribution in [1.82, 2.24) is 9.78 Å². The molecule has 0 unspecified atom stereocenters. The van der Waals surface area contributed by atoms with E-state index in [4.69, 9.17) is 4.74 Å². The Bertz CT molecular complexity index is 1100. The zero-order chi connectivity index (χ0) is 21.8. The van der Waals surface area contributed by atoms with Gasteiger partial charge in [-0.15, -0.1) is 0 Å². The molecule has 6 nitrogen and oxygen atoms in total. The van der Waals surface area contributed by atoms with Crippen molar-refractivity contribution in [1.29, 1.82) is 0 Å². The Kier molecular flexibility index (Phi) is 6.20. The van der Waals surface area contributed by atoms with Crippen LogP contribution in [0.2, 0.25) is 0 Å². The first kappa shape index (κ1) is 21.1. The molecule has 0 saturated heterocycles. The molecule has 1 amide bonds. The van der Waals surface area contributed by atoms with E-state index >= 15 is 0 Å². The van der Waals surface area contributed by atoms with Gasteiger partial charge in [0.2, 0.25) is 0 Å². The number of ether oxygens (including phenoxy) is 1. The van der Waals surface area contributed by atoms with Gasteiger partial charge in [-0.3, -0.25) is 9.48 Å². The second kappa shape index (κ2) is 8.81. The van der Waals surface area contributed by atoms with Gasteiger partial charge in [0.1, 0.15) is 5.56 Å². The molecule has 0 spiro atoms. The Labute approximate surface area is 170 Å². The monoisotopic (exact) mass is 417 g/mol. The zero-order valence-corrected chi connectivity index (χ0v) is 16.2. The van der Waals surface area contributed by atoms with Crippen molar-refractivity contribution in [2.75, 3.05) is 11.9 Å². The van der Waals surface area contributed by atoms with Crippen molar-refractivity contribution in [3.05, 3.63) is 82.4 Å². The van der Waals surface area contributed by atoms with Gasteiger partial charge in [0.25, 0.3) is 5.91 Å². The third kappa shape index (κ3) is 4.51. The summed E-state index contributed by atoms with van der Waals surface area (Å²) in [5.74, 6) is -6.30. The smallest absolute Gasteiger partial charge is 0.342 e. The van der Waals surface area contributed by atoms with E-state index < -0.39 is 41.6 Å². The fourth-order valence-corrected chi connectivity index (χ4v) is 2.91. The molecule has 2 aromatic carbocycles. The summed E-state index contributed by atoms with van der Waals surface area (Å²) in [4.78, 5) is 24.4. The number of aromatic nitrogens is 2. The summed E-state index contributed by atoms with van der Waals surface area (Å²) in [6.07, 6.45) is 0. The highest BCUT2D eigenvalue weighted by Crippen LogP contribution is 2.20. The first-order chi connectivity index (χ1) is 14.3. The number of nitrogens with one attached hydrogen (secondary N) is 1. The summed E-state index contributed by atoms with van der Waals surface area (Å²) in [7, 11) is 0. The molecule has 0 aliphatic rings. The van der Waals surface area contributed by atoms with Gasteiger partial charge in [-0.2, -0.15) is 5.10 Å². The maximum Gasteiger partial charge on any atom is 0.342 e. The number of carbonyl (C=O) groups excluding carboxylic acids is 2. The lowest BCUT2D eigenvalue weighted by atomic mass is 10.2. The third-order valence-electron chi connectivity index (χ3n) is 4.40. The number of hydrogen-bond donors (Lipinski definition) is 1. The van der Waals surface area contributed by atoms with Gasteiger partial charge in [-0.1, -0.05) is 30.3 Å². The first-order valence-electron chi connectivity index (χ1n) is 8.96. The molecule has 0 radical (unpaired) electrons. The van der Waals surface area contributed by atoms with E-state index in [2.05, 4.69) is 5.10 Å². The second-order valence-corrected chi connectivity index (χ2v) is 6.54. The van der Waals surface area contributed by atoms with Crippen LogP contribution in [0.5, 0.6) is 0 Å². The van der Waals surface area contributed by atoms with Crippen molar-refractivity contribution in [2.24, 2.45) is 0 Å². The predicted molar refractivity (Wildman–Crippen MR) is 102 cm³/mol. The minimum atomic E-state index is -1.71. The van der Waals surface area contributed by atoms with Crippen molar-refractivity contribution in [3.8, 4) is 0 Å². The maximum absolute atomic E-state index is 13.6. The molecule has 1 N–H and O–H groups in total. The molecule has 0 aliphatic carbocycles. The molecule has 3 rings (SSSR count). The average molecular weight is 417 g/mol. The molecule has 0 fully saturated rings. The van der Waals surface area contributed by atoms with Crippen LogP contribution in [0.15, 0.2) is 42.5 Å². The van der Waals surface area contributed by atoms with E-state index in [0.29, 0.717) is 24.0 Å². The lowest BCUT2D eigenvalue weighted by Crippen LogP contribution is -2.22. The van der Waals surface area contributed by atoms with E-state index in [9.17, 15) is 22.8 Å². The van der Waals surface area contributed by atoms with Gasteiger partial charge in [0, 0.05) is 0 Å². The van der Waals surface area contributed by atoms with Gasteiger partial charge in [-0.25, -0.2) is 18.0 Å². The van der Waals surface area contributed by atoms with Crippen LogP contribution < -0.4 is 5.32 Å². The molecule has 1 aromatic heterocycles. The highest BCUT2D eigenvalue weighted by molar-refractivity contribution is 5.96. The Morgan fingerprint density at radius 3 is 2.43 bits per heavy atom. The lowest BCUT2D eigenvalue weighted by molar-refractivity contribution is -0.119. The van der Waals surface area contributed by atoms with Crippen molar-refractivity contribution >= 4 is 17.6 Å². The summed E-state index contributed by atoms with van der Waals surface area (Å²) in [6.45, 7) is 3.06. The Hall–Kier alpha value is -3.62. The predicted octanol–water partition coefficient (Wildman–Crippen LogP) is 3.76. The minimum absolute atomic E-state index is 0.220. The Morgan fingerprint density at radius 1 is 1.03 bits per heavy atom. The molecule has 0 saturated carbocycles. The molecule has 3 aromatic rings. The SMILES string of the molecule is Cc1nn(Cc2ccccc2)c(C)c1C(=O)OCC(=O)Nc1ccc(F)c(F)c1F. The van der Waals surface area contributed by atoms with Crippen molar-refractivity contribution < 1.29 is 27.5 Å². The highest BCUT2D eigenvalue weighted by Gasteiger charge is 2.22. The van der Waals surface area contributed by atoms with Crippen LogP contribution in [0.3, 0.4) is 0 Å². The topological polar surface area (TPSA) is 73.2 Å². The molecule has 0 bridgehead atoms. The third-order valence-corrected chi connectivity index (χ3v) is 4.40. The number of rotatable bonds is 6. The number of amides is 1. The second-order valence-electron chi connectivity index (χ2n) is 6.54. The van der Waals surface area contributed by atoms with Gasteiger partial charge in [0.05, 0.1) is 23.6 Å². The number of anilines is 1. The van der Waals surface area contributed by atoms with Crippen LogP contribution >= 0.6 is 0 Å². The van der Waals surface area contributed by atoms with Crippen LogP contribution in [0.4, 0.5) is 18.9 Å². The molecular weight excluding hydrogens is 399 g/mol. The van der Waals surface area contributed by atoms with Crippen LogP contribution in [0.25, 0.3) is 0 Å². The number of benzene rings is 2. The Morgan fingerprint density at radius 2 is 1.73 bits per heavy atom. The number of nitrogens with zero attached hydrogens (tertiary/aromatic N) is 2. The Balaban J connectivity index is 1.65. The molecular formula is C21H18F3N3O3. The first-order valence-corrected chi connectivity index (χ1v) is 8.96. The molecule has 156 valence electrons. The summed E-state index contributed by atoms with van der Waals surface area (Å²) in [6, 6.07) is 11.1. The van der Waals surface area contributed by atoms with Crippen LogP contribution in [0, 0.1) is 31.3 Å². The van der Waals surface area contributed by atoms with E-state index in [1.165, 1.54) is 0 Å². The van der Waals surface area contributed by atoms with Gasteiger partial charge in [0.15, 0.2) is 24.1 Å². The summed E-state index contributed by atoms with van der Waals surface area (Å²) in [5, 5.41) is 6.37. The number of esters is 1. The lowest BCUT2D eigenvalue weighted by Gasteiger charge is -2.09. The number of aryl methyl sites for hydroxylation is 1. The molecule has 1 heterocycles. The number of halogens is 3. The summed E-state index contributed by atoms with van der Waals surface area (Å²) in [5.41, 5.74) is 1.65. The summed E-state index contributed by atoms with van der Waals surface area (Å²) < 4.78 is 46.4. The fraction of sp³-hybridized carbons (Fsp3) is 0.190. The van der Waals surface area contributed by atoms with Gasteiger partial charge in [-0.05, 0) is 31.5 Å². The molecule has 9 heteroatoms. The fourth-order valence-electron chi connectivity index (χ4n) is 2.91. The van der Waals surface area contributed by atoms with E-state index in [1.54, 1.807) is 18.5 Å². The number of hydrogen-bond acceptors (Lipinski definition) is 4. The maximum atomic E-state index is 13.6. The van der Waals surface area contributed by atoms with E-state index in [0.717, 1.165) is 11.6 Å². The van der Waals surface area contributed by atoms with Crippen LogP contribution in [-0.2, 0) is 16.1 Å². The summed E-state index contributed by atoms with van der Waals surface area (Å²) >= 11 is 0. The van der Waals surface area contributed by atoms with E-state index in [1.807, 2.05) is 35.6 Å². The van der Waals surface area contributed by atoms with Gasteiger partial charge >= 0.3 is 5.97 Å². The highest BCUT2D eigenvalue weighted by atomic mass is 19.2. The van der Waals surface area contributed by atoms with Crippen molar-refractivity contribution in [2.45, 2.75) is 20.4 Å². The van der Waals surface area contributed by atoms with Gasteiger partial charge < -0.3 is 10.1 Å².